The van der Waals surface area contributed by atoms with Gasteiger partial charge in [0.15, 0.2) is 5.69 Å². The van der Waals surface area contributed by atoms with Crippen LogP contribution >= 0.6 is 0 Å². The van der Waals surface area contributed by atoms with Crippen LogP contribution in [0.25, 0.3) is 16.7 Å². The number of halogens is 3. The molecule has 4 aromatic rings. The highest BCUT2D eigenvalue weighted by Gasteiger charge is 2.36. The molecule has 1 amide bonds. The van der Waals surface area contributed by atoms with Crippen LogP contribution in [0.1, 0.15) is 27.6 Å². The Morgan fingerprint density at radius 2 is 1.88 bits per heavy atom. The van der Waals surface area contributed by atoms with Gasteiger partial charge in [-0.3, -0.25) is 4.79 Å². The van der Waals surface area contributed by atoms with Crippen LogP contribution in [0.4, 0.5) is 13.2 Å². The first-order chi connectivity index (χ1) is 16.3. The van der Waals surface area contributed by atoms with E-state index >= 15 is 0 Å². The predicted octanol–water partition coefficient (Wildman–Crippen LogP) is 3.01. The molecule has 0 bridgehead atoms. The van der Waals surface area contributed by atoms with Crippen molar-refractivity contribution in [2.24, 2.45) is 0 Å². The second-order valence-corrected chi connectivity index (χ2v) is 7.66. The number of rotatable bonds is 9. The summed E-state index contributed by atoms with van der Waals surface area (Å²) in [7, 11) is 1.85. The second-order valence-electron chi connectivity index (χ2n) is 7.66. The minimum atomic E-state index is -4.69. The maximum atomic E-state index is 13.4. The maximum Gasteiger partial charge on any atom is 0.435 e. The van der Waals surface area contributed by atoms with Crippen LogP contribution in [0, 0.1) is 0 Å². The van der Waals surface area contributed by atoms with E-state index in [1.165, 1.54) is 0 Å². The average Bonchev–Trinajstić information content (AvgIpc) is 3.45. The van der Waals surface area contributed by atoms with Crippen molar-refractivity contribution in [1.82, 2.24) is 35.7 Å². The van der Waals surface area contributed by atoms with Crippen molar-refractivity contribution in [1.29, 1.82) is 0 Å². The Morgan fingerprint density at radius 3 is 2.65 bits per heavy atom. The number of para-hydroxylation sites is 2. The van der Waals surface area contributed by atoms with Crippen molar-refractivity contribution in [2.45, 2.75) is 19.3 Å². The van der Waals surface area contributed by atoms with Crippen LogP contribution in [0.15, 0.2) is 54.6 Å². The van der Waals surface area contributed by atoms with Gasteiger partial charge >= 0.3 is 6.18 Å². The Bertz CT molecular complexity index is 1250. The van der Waals surface area contributed by atoms with E-state index in [9.17, 15) is 18.0 Å². The third-order valence-corrected chi connectivity index (χ3v) is 5.12. The quantitative estimate of drug-likeness (QED) is 0.281. The summed E-state index contributed by atoms with van der Waals surface area (Å²) in [5.41, 5.74) is 1.39. The van der Waals surface area contributed by atoms with Crippen molar-refractivity contribution in [3.05, 3.63) is 77.4 Å². The molecule has 0 unspecified atom stereocenters. The number of carbonyl (C=O) groups excluding carboxylic acids is 1. The van der Waals surface area contributed by atoms with Gasteiger partial charge in [0.1, 0.15) is 11.5 Å². The van der Waals surface area contributed by atoms with Crippen molar-refractivity contribution >= 4 is 16.9 Å². The summed E-state index contributed by atoms with van der Waals surface area (Å²) in [4.78, 5) is 20.3. The Labute approximate surface area is 193 Å². The minimum absolute atomic E-state index is 0.0233. The van der Waals surface area contributed by atoms with Crippen molar-refractivity contribution in [3.63, 3.8) is 0 Å². The fourth-order valence-electron chi connectivity index (χ4n) is 3.47. The SMILES string of the molecule is CNCCNCc1cccc(-n2nc(C(F)(F)F)cc2C(=O)NCc2nc3ccccc3[nH]2)c1. The van der Waals surface area contributed by atoms with Crippen molar-refractivity contribution in [3.8, 4) is 5.69 Å². The Morgan fingerprint density at radius 1 is 1.06 bits per heavy atom. The average molecular weight is 471 g/mol. The summed E-state index contributed by atoms with van der Waals surface area (Å²) in [6.07, 6.45) is -4.69. The topological polar surface area (TPSA) is 99.7 Å². The lowest BCUT2D eigenvalue weighted by Crippen LogP contribution is -2.26. The molecule has 2 aromatic heterocycles. The first-order valence-electron chi connectivity index (χ1n) is 10.7. The van der Waals surface area contributed by atoms with Gasteiger partial charge in [0, 0.05) is 25.7 Å². The van der Waals surface area contributed by atoms with E-state index in [0.29, 0.717) is 18.1 Å². The normalized spacial score (nSPS) is 11.8. The van der Waals surface area contributed by atoms with Crippen molar-refractivity contribution < 1.29 is 18.0 Å². The molecule has 2 heterocycles. The summed E-state index contributed by atoms with van der Waals surface area (Å²) < 4.78 is 41.2. The largest absolute Gasteiger partial charge is 0.435 e. The fourth-order valence-corrected chi connectivity index (χ4v) is 3.47. The number of carbonyl (C=O) groups is 1. The number of amides is 1. The molecule has 0 atom stereocenters. The summed E-state index contributed by atoms with van der Waals surface area (Å²) in [5, 5.41) is 12.6. The molecule has 8 nitrogen and oxygen atoms in total. The number of alkyl halides is 3. The predicted molar refractivity (Wildman–Crippen MR) is 121 cm³/mol. The third-order valence-electron chi connectivity index (χ3n) is 5.12. The van der Waals surface area contributed by atoms with Gasteiger partial charge in [0.25, 0.3) is 5.91 Å². The van der Waals surface area contributed by atoms with Crippen LogP contribution < -0.4 is 16.0 Å². The third kappa shape index (κ3) is 5.43. The molecule has 0 aliphatic rings. The van der Waals surface area contributed by atoms with Crippen molar-refractivity contribution in [2.75, 3.05) is 20.1 Å². The summed E-state index contributed by atoms with van der Waals surface area (Å²) >= 11 is 0. The van der Waals surface area contributed by atoms with Gasteiger partial charge in [0.05, 0.1) is 23.3 Å². The summed E-state index contributed by atoms with van der Waals surface area (Å²) in [5.74, 6) is -0.202. The molecule has 34 heavy (non-hydrogen) atoms. The maximum absolute atomic E-state index is 13.4. The van der Waals surface area contributed by atoms with E-state index in [0.717, 1.165) is 40.4 Å². The van der Waals surface area contributed by atoms with Gasteiger partial charge in [-0.05, 0) is 36.9 Å². The molecule has 0 aliphatic heterocycles. The highest BCUT2D eigenvalue weighted by atomic mass is 19.4. The molecular formula is C23H24F3N7O. The van der Waals surface area contributed by atoms with Gasteiger partial charge in [-0.25, -0.2) is 9.67 Å². The lowest BCUT2D eigenvalue weighted by Gasteiger charge is -2.10. The highest BCUT2D eigenvalue weighted by Crippen LogP contribution is 2.29. The molecule has 4 rings (SSSR count). The smallest absolute Gasteiger partial charge is 0.343 e. The Balaban J connectivity index is 1.57. The molecule has 4 N–H and O–H groups in total. The first kappa shape index (κ1) is 23.5. The molecular weight excluding hydrogens is 447 g/mol. The minimum Gasteiger partial charge on any atom is -0.343 e. The van der Waals surface area contributed by atoms with E-state index in [1.54, 1.807) is 18.2 Å². The molecule has 0 saturated carbocycles. The van der Waals surface area contributed by atoms with Gasteiger partial charge in [-0.15, -0.1) is 0 Å². The summed E-state index contributed by atoms with van der Waals surface area (Å²) in [6, 6.07) is 15.0. The van der Waals surface area contributed by atoms with Crippen LogP contribution in [-0.2, 0) is 19.3 Å². The second kappa shape index (κ2) is 10.1. The van der Waals surface area contributed by atoms with E-state index in [2.05, 4.69) is 31.0 Å². The van der Waals surface area contributed by atoms with Gasteiger partial charge < -0.3 is 20.9 Å². The molecule has 0 fully saturated rings. The van der Waals surface area contributed by atoms with E-state index in [-0.39, 0.29) is 12.2 Å². The zero-order chi connectivity index (χ0) is 24.1. The monoisotopic (exact) mass is 471 g/mol. The number of nitrogens with zero attached hydrogens (tertiary/aromatic N) is 3. The zero-order valence-electron chi connectivity index (χ0n) is 18.4. The highest BCUT2D eigenvalue weighted by molar-refractivity contribution is 5.93. The number of aromatic nitrogens is 4. The lowest BCUT2D eigenvalue weighted by molar-refractivity contribution is -0.141. The number of likely N-dealkylation sites (N-methyl/N-ethyl adjacent to an activating group) is 1. The number of hydrogen-bond acceptors (Lipinski definition) is 5. The number of hydrogen-bond donors (Lipinski definition) is 4. The Kier molecular flexibility index (Phi) is 6.94. The molecule has 0 aliphatic carbocycles. The van der Waals surface area contributed by atoms with Crippen LogP contribution in [0.2, 0.25) is 0 Å². The van der Waals surface area contributed by atoms with E-state index in [4.69, 9.17) is 0 Å². The number of H-pyrrole nitrogens is 1. The molecule has 0 radical (unpaired) electrons. The molecule has 178 valence electrons. The number of aromatic amines is 1. The number of imidazole rings is 1. The fraction of sp³-hybridized carbons (Fsp3) is 0.261. The van der Waals surface area contributed by atoms with Crippen LogP contribution in [-0.4, -0.2) is 45.8 Å². The standard InChI is InChI=1S/C23H24F3N7O/c1-27-9-10-28-13-15-5-4-6-16(11-15)33-19(12-20(32-33)23(24,25)26)22(34)29-14-21-30-17-7-2-3-8-18(17)31-21/h2-8,11-12,27-28H,9-10,13-14H2,1H3,(H,29,34)(H,30,31). The molecule has 2 aromatic carbocycles. The number of nitrogens with one attached hydrogen (secondary N) is 4. The summed E-state index contributed by atoms with van der Waals surface area (Å²) in [6.45, 7) is 2.06. The Hall–Kier alpha value is -3.70. The lowest BCUT2D eigenvalue weighted by atomic mass is 10.2. The van der Waals surface area contributed by atoms with Crippen LogP contribution in [0.5, 0.6) is 0 Å². The van der Waals surface area contributed by atoms with Gasteiger partial charge in [-0.1, -0.05) is 24.3 Å². The van der Waals surface area contributed by atoms with Gasteiger partial charge in [-0.2, -0.15) is 18.3 Å². The molecule has 11 heteroatoms. The van der Waals surface area contributed by atoms with Crippen LogP contribution in [0.3, 0.4) is 0 Å². The number of benzene rings is 2. The first-order valence-corrected chi connectivity index (χ1v) is 10.7. The van der Waals surface area contributed by atoms with E-state index < -0.39 is 17.8 Å². The molecule has 0 saturated heterocycles. The van der Waals surface area contributed by atoms with E-state index in [1.807, 2.05) is 37.4 Å². The number of fused-ring (bicyclic) bond motifs is 1. The molecule has 0 spiro atoms. The van der Waals surface area contributed by atoms with Gasteiger partial charge in [0.2, 0.25) is 0 Å². The zero-order valence-corrected chi connectivity index (χ0v) is 18.4.